The quantitative estimate of drug-likeness (QED) is 0.724. The Hall–Kier alpha value is -1.62. The summed E-state index contributed by atoms with van der Waals surface area (Å²) in [5.41, 5.74) is 6.44. The number of rotatable bonds is 8. The Morgan fingerprint density at radius 3 is 2.76 bits per heavy atom. The van der Waals surface area contributed by atoms with Gasteiger partial charge in [-0.1, -0.05) is 13.3 Å². The second kappa shape index (κ2) is 8.62. The Morgan fingerprint density at radius 1 is 1.43 bits per heavy atom. The van der Waals surface area contributed by atoms with Gasteiger partial charge < -0.3 is 15.8 Å². The van der Waals surface area contributed by atoms with Crippen LogP contribution in [0.4, 0.5) is 4.39 Å². The number of benzene rings is 1. The highest BCUT2D eigenvalue weighted by Gasteiger charge is 2.16. The maximum absolute atomic E-state index is 13.3. The van der Waals surface area contributed by atoms with Crippen LogP contribution in [0.25, 0.3) is 0 Å². The van der Waals surface area contributed by atoms with Crippen LogP contribution in [0.3, 0.4) is 0 Å². The Morgan fingerprint density at radius 2 is 2.14 bits per heavy atom. The van der Waals surface area contributed by atoms with Crippen LogP contribution in [0.2, 0.25) is 0 Å². The van der Waals surface area contributed by atoms with Crippen molar-refractivity contribution in [2.24, 2.45) is 5.73 Å². The van der Waals surface area contributed by atoms with Gasteiger partial charge in [-0.25, -0.2) is 4.39 Å². The van der Waals surface area contributed by atoms with E-state index < -0.39 is 6.10 Å². The third kappa shape index (κ3) is 6.12. The second-order valence-corrected chi connectivity index (χ2v) is 5.34. The van der Waals surface area contributed by atoms with E-state index in [1.807, 2.05) is 6.92 Å². The summed E-state index contributed by atoms with van der Waals surface area (Å²) >= 11 is 0. The monoisotopic (exact) mass is 296 g/mol. The topological polar surface area (TPSA) is 64.3 Å². The molecule has 0 aromatic heterocycles. The molecule has 0 spiro atoms. The third-order valence-electron chi connectivity index (χ3n) is 3.07. The Bertz CT molecular complexity index is 464. The van der Waals surface area contributed by atoms with Gasteiger partial charge in [0, 0.05) is 12.6 Å². The Labute approximate surface area is 125 Å². The van der Waals surface area contributed by atoms with Gasteiger partial charge in [-0.05, 0) is 50.5 Å². The first-order valence-corrected chi connectivity index (χ1v) is 7.42. The fourth-order valence-electron chi connectivity index (χ4n) is 1.95. The lowest BCUT2D eigenvalue weighted by atomic mass is 10.1. The van der Waals surface area contributed by atoms with Crippen molar-refractivity contribution in [1.29, 1.82) is 0 Å². The van der Waals surface area contributed by atoms with E-state index in [0.29, 0.717) is 24.3 Å². The molecule has 2 atom stereocenters. The maximum atomic E-state index is 13.3. The van der Waals surface area contributed by atoms with Gasteiger partial charge in [0.2, 0.25) is 0 Å². The first-order chi connectivity index (χ1) is 9.93. The van der Waals surface area contributed by atoms with E-state index in [-0.39, 0.29) is 17.8 Å². The van der Waals surface area contributed by atoms with Crippen LogP contribution in [0.1, 0.15) is 39.2 Å². The molecular weight excluding hydrogens is 271 g/mol. The molecule has 4 nitrogen and oxygen atoms in total. The fourth-order valence-corrected chi connectivity index (χ4v) is 1.95. The molecule has 0 aliphatic heterocycles. The molecule has 0 radical (unpaired) electrons. The van der Waals surface area contributed by atoms with Crippen molar-refractivity contribution in [2.75, 3.05) is 6.54 Å². The first kappa shape index (κ1) is 17.4. The molecule has 0 bridgehead atoms. The number of carbonyl (C=O) groups excluding carboxylic acids is 1. The largest absolute Gasteiger partial charge is 0.481 e. The van der Waals surface area contributed by atoms with Gasteiger partial charge in [0.1, 0.15) is 11.6 Å². The van der Waals surface area contributed by atoms with Gasteiger partial charge in [-0.3, -0.25) is 4.79 Å². The van der Waals surface area contributed by atoms with Crippen LogP contribution in [-0.4, -0.2) is 24.6 Å². The zero-order chi connectivity index (χ0) is 15.8. The van der Waals surface area contributed by atoms with E-state index in [2.05, 4.69) is 12.2 Å². The lowest BCUT2D eigenvalue weighted by Crippen LogP contribution is -2.37. The predicted octanol–water partition coefficient (Wildman–Crippen LogP) is 2.40. The average molecular weight is 296 g/mol. The highest BCUT2D eigenvalue weighted by molar-refractivity contribution is 5.80. The number of ether oxygens (including phenoxy) is 1. The van der Waals surface area contributed by atoms with E-state index in [1.165, 1.54) is 12.1 Å². The van der Waals surface area contributed by atoms with Crippen molar-refractivity contribution in [3.05, 3.63) is 29.6 Å². The summed E-state index contributed by atoms with van der Waals surface area (Å²) in [7, 11) is 0. The van der Waals surface area contributed by atoms with Crippen molar-refractivity contribution in [2.45, 2.75) is 52.2 Å². The first-order valence-electron chi connectivity index (χ1n) is 7.42. The molecule has 0 fully saturated rings. The summed E-state index contributed by atoms with van der Waals surface area (Å²) < 4.78 is 19.0. The SMILES string of the molecule is CCCCNC(=O)C(C)Oc1ccc(F)cc1CC(C)N. The van der Waals surface area contributed by atoms with E-state index in [1.54, 1.807) is 13.0 Å². The summed E-state index contributed by atoms with van der Waals surface area (Å²) in [6, 6.07) is 4.16. The summed E-state index contributed by atoms with van der Waals surface area (Å²) in [6.07, 6.45) is 1.83. The summed E-state index contributed by atoms with van der Waals surface area (Å²) in [6.45, 7) is 6.22. The number of unbranched alkanes of at least 4 members (excludes halogenated alkanes) is 1. The molecule has 1 aromatic carbocycles. The number of amides is 1. The Balaban J connectivity index is 2.70. The van der Waals surface area contributed by atoms with Crippen molar-refractivity contribution < 1.29 is 13.9 Å². The van der Waals surface area contributed by atoms with Crippen molar-refractivity contribution >= 4 is 5.91 Å². The zero-order valence-electron chi connectivity index (χ0n) is 13.0. The molecule has 5 heteroatoms. The predicted molar refractivity (Wildman–Crippen MR) is 81.8 cm³/mol. The lowest BCUT2D eigenvalue weighted by molar-refractivity contribution is -0.127. The molecule has 1 aromatic rings. The number of hydrogen-bond acceptors (Lipinski definition) is 3. The van der Waals surface area contributed by atoms with Gasteiger partial charge >= 0.3 is 0 Å². The highest BCUT2D eigenvalue weighted by atomic mass is 19.1. The summed E-state index contributed by atoms with van der Waals surface area (Å²) in [5, 5.41) is 2.81. The number of nitrogens with two attached hydrogens (primary N) is 1. The molecule has 3 N–H and O–H groups in total. The molecule has 0 heterocycles. The van der Waals surface area contributed by atoms with Crippen molar-refractivity contribution in [1.82, 2.24) is 5.32 Å². The van der Waals surface area contributed by atoms with Crippen LogP contribution in [-0.2, 0) is 11.2 Å². The second-order valence-electron chi connectivity index (χ2n) is 5.34. The van der Waals surface area contributed by atoms with Crippen LogP contribution < -0.4 is 15.8 Å². The number of carbonyl (C=O) groups is 1. The minimum Gasteiger partial charge on any atom is -0.481 e. The van der Waals surface area contributed by atoms with Gasteiger partial charge in [0.15, 0.2) is 6.10 Å². The van der Waals surface area contributed by atoms with E-state index in [9.17, 15) is 9.18 Å². The van der Waals surface area contributed by atoms with Crippen LogP contribution >= 0.6 is 0 Å². The zero-order valence-corrected chi connectivity index (χ0v) is 13.0. The summed E-state index contributed by atoms with van der Waals surface area (Å²) in [4.78, 5) is 11.9. The van der Waals surface area contributed by atoms with E-state index >= 15 is 0 Å². The summed E-state index contributed by atoms with van der Waals surface area (Å²) in [5.74, 6) is 0.00409. The van der Waals surface area contributed by atoms with Crippen LogP contribution in [0.15, 0.2) is 18.2 Å². The molecule has 1 rings (SSSR count). The van der Waals surface area contributed by atoms with Crippen LogP contribution in [0.5, 0.6) is 5.75 Å². The standard InChI is InChI=1S/C16H25FN2O2/c1-4-5-8-19-16(20)12(3)21-15-7-6-14(17)10-13(15)9-11(2)18/h6-7,10-12H,4-5,8-9,18H2,1-3H3,(H,19,20). The molecule has 2 unspecified atom stereocenters. The number of nitrogens with one attached hydrogen (secondary N) is 1. The minimum atomic E-state index is -0.626. The third-order valence-corrected chi connectivity index (χ3v) is 3.07. The van der Waals surface area contributed by atoms with Gasteiger partial charge in [-0.2, -0.15) is 0 Å². The Kier molecular flexibility index (Phi) is 7.15. The van der Waals surface area contributed by atoms with Crippen molar-refractivity contribution in [3.63, 3.8) is 0 Å². The van der Waals surface area contributed by atoms with Gasteiger partial charge in [-0.15, -0.1) is 0 Å². The normalized spacial score (nSPS) is 13.6. The molecule has 21 heavy (non-hydrogen) atoms. The molecular formula is C16H25FN2O2. The number of hydrogen-bond donors (Lipinski definition) is 2. The average Bonchev–Trinajstić information content (AvgIpc) is 2.41. The maximum Gasteiger partial charge on any atom is 0.260 e. The minimum absolute atomic E-state index is 0.108. The highest BCUT2D eigenvalue weighted by Crippen LogP contribution is 2.22. The van der Waals surface area contributed by atoms with Crippen LogP contribution in [0, 0.1) is 5.82 Å². The van der Waals surface area contributed by atoms with E-state index in [4.69, 9.17) is 10.5 Å². The van der Waals surface area contributed by atoms with E-state index in [0.717, 1.165) is 12.8 Å². The molecule has 1 amide bonds. The molecule has 118 valence electrons. The lowest BCUT2D eigenvalue weighted by Gasteiger charge is -2.18. The smallest absolute Gasteiger partial charge is 0.260 e. The molecule has 0 aliphatic rings. The van der Waals surface area contributed by atoms with Crippen molar-refractivity contribution in [3.8, 4) is 5.75 Å². The molecule has 0 saturated carbocycles. The molecule has 0 aliphatic carbocycles. The number of halogens is 1. The molecule has 0 saturated heterocycles. The fraction of sp³-hybridized carbons (Fsp3) is 0.562. The van der Waals surface area contributed by atoms with Gasteiger partial charge in [0.05, 0.1) is 0 Å². The van der Waals surface area contributed by atoms with Gasteiger partial charge in [0.25, 0.3) is 5.91 Å².